The summed E-state index contributed by atoms with van der Waals surface area (Å²) in [5.74, 6) is 1.32. The van der Waals surface area contributed by atoms with E-state index in [1.165, 1.54) is 16.3 Å². The van der Waals surface area contributed by atoms with Gasteiger partial charge < -0.3 is 4.74 Å². The SMILES string of the molecule is Cn1c(SCCOc2cccc(C#N)c2)n[nH]c1=O. The summed E-state index contributed by atoms with van der Waals surface area (Å²) in [5, 5.41) is 15.6. The Kier molecular flexibility index (Phi) is 4.26. The summed E-state index contributed by atoms with van der Waals surface area (Å²) in [5.41, 5.74) is 0.338. The standard InChI is InChI=1S/C12H12N4O2S/c1-16-11(17)14-15-12(16)19-6-5-18-10-4-2-3-9(7-10)8-13/h2-4,7H,5-6H2,1H3,(H,14,17). The Hall–Kier alpha value is -2.20. The fraction of sp³-hybridized carbons (Fsp3) is 0.250. The molecule has 0 fully saturated rings. The Morgan fingerprint density at radius 2 is 2.42 bits per heavy atom. The van der Waals surface area contributed by atoms with Crippen molar-refractivity contribution in [2.45, 2.75) is 5.16 Å². The number of aromatic amines is 1. The van der Waals surface area contributed by atoms with Crippen molar-refractivity contribution in [3.8, 4) is 11.8 Å². The summed E-state index contributed by atoms with van der Waals surface area (Å²) < 4.78 is 6.96. The van der Waals surface area contributed by atoms with Gasteiger partial charge in [-0.2, -0.15) is 5.26 Å². The number of nitrogens with zero attached hydrogens (tertiary/aromatic N) is 3. The molecular formula is C12H12N4O2S. The quantitative estimate of drug-likeness (QED) is 0.654. The van der Waals surface area contributed by atoms with Crippen molar-refractivity contribution in [3.63, 3.8) is 0 Å². The van der Waals surface area contributed by atoms with Gasteiger partial charge in [0.15, 0.2) is 5.16 Å². The molecule has 0 aliphatic rings. The second kappa shape index (κ2) is 6.11. The predicted molar refractivity (Wildman–Crippen MR) is 71.2 cm³/mol. The van der Waals surface area contributed by atoms with E-state index in [0.29, 0.717) is 28.8 Å². The summed E-state index contributed by atoms with van der Waals surface area (Å²) in [6.07, 6.45) is 0. The first-order valence-corrected chi connectivity index (χ1v) is 6.56. The largest absolute Gasteiger partial charge is 0.493 e. The third-order valence-electron chi connectivity index (χ3n) is 2.39. The highest BCUT2D eigenvalue weighted by Gasteiger charge is 2.04. The van der Waals surface area contributed by atoms with Gasteiger partial charge in [-0.1, -0.05) is 17.8 Å². The maximum atomic E-state index is 11.1. The number of H-pyrrole nitrogens is 1. The van der Waals surface area contributed by atoms with Crippen LogP contribution in [0.1, 0.15) is 5.56 Å². The zero-order valence-corrected chi connectivity index (χ0v) is 11.1. The smallest absolute Gasteiger partial charge is 0.343 e. The lowest BCUT2D eigenvalue weighted by Crippen LogP contribution is -2.13. The summed E-state index contributed by atoms with van der Waals surface area (Å²) >= 11 is 1.43. The van der Waals surface area contributed by atoms with Crippen molar-refractivity contribution in [3.05, 3.63) is 40.3 Å². The third-order valence-corrected chi connectivity index (χ3v) is 3.38. The van der Waals surface area contributed by atoms with Crippen molar-refractivity contribution in [2.75, 3.05) is 12.4 Å². The molecule has 2 aromatic rings. The van der Waals surface area contributed by atoms with Crippen LogP contribution in [-0.4, -0.2) is 27.1 Å². The average Bonchev–Trinajstić information content (AvgIpc) is 2.75. The van der Waals surface area contributed by atoms with Gasteiger partial charge in [-0.15, -0.1) is 5.10 Å². The number of thioether (sulfide) groups is 1. The van der Waals surface area contributed by atoms with Gasteiger partial charge in [0, 0.05) is 12.8 Å². The fourth-order valence-corrected chi connectivity index (χ4v) is 2.15. The van der Waals surface area contributed by atoms with E-state index in [1.54, 1.807) is 31.3 Å². The number of ether oxygens (including phenoxy) is 1. The molecule has 98 valence electrons. The van der Waals surface area contributed by atoms with Gasteiger partial charge in [0.2, 0.25) is 0 Å². The first-order valence-electron chi connectivity index (χ1n) is 5.58. The average molecular weight is 276 g/mol. The molecule has 0 radical (unpaired) electrons. The molecule has 1 heterocycles. The van der Waals surface area contributed by atoms with Crippen LogP contribution in [0.25, 0.3) is 0 Å². The molecule has 1 aromatic carbocycles. The maximum Gasteiger partial charge on any atom is 0.343 e. The number of hydrogen-bond donors (Lipinski definition) is 1. The molecule has 0 bridgehead atoms. The monoisotopic (exact) mass is 276 g/mol. The van der Waals surface area contributed by atoms with Gasteiger partial charge in [0.25, 0.3) is 0 Å². The first kappa shape index (κ1) is 13.2. The Bertz CT molecular complexity index is 656. The van der Waals surface area contributed by atoms with Crippen LogP contribution in [0.2, 0.25) is 0 Å². The van der Waals surface area contributed by atoms with Crippen LogP contribution in [0, 0.1) is 11.3 Å². The molecule has 1 N–H and O–H groups in total. The van der Waals surface area contributed by atoms with E-state index in [9.17, 15) is 4.79 Å². The van der Waals surface area contributed by atoms with Crippen molar-refractivity contribution >= 4 is 11.8 Å². The highest BCUT2D eigenvalue weighted by molar-refractivity contribution is 7.99. The minimum Gasteiger partial charge on any atom is -0.493 e. The summed E-state index contributed by atoms with van der Waals surface area (Å²) in [7, 11) is 1.66. The van der Waals surface area contributed by atoms with Crippen molar-refractivity contribution < 1.29 is 4.74 Å². The van der Waals surface area contributed by atoms with E-state index in [-0.39, 0.29) is 5.69 Å². The summed E-state index contributed by atoms with van der Waals surface area (Å²) in [6, 6.07) is 9.05. The molecule has 1 aromatic heterocycles. The number of benzene rings is 1. The number of hydrogen-bond acceptors (Lipinski definition) is 5. The highest BCUT2D eigenvalue weighted by atomic mass is 32.2. The van der Waals surface area contributed by atoms with Crippen LogP contribution < -0.4 is 10.4 Å². The van der Waals surface area contributed by atoms with Crippen molar-refractivity contribution in [1.82, 2.24) is 14.8 Å². The molecule has 0 aliphatic heterocycles. The molecule has 7 heteroatoms. The summed E-state index contributed by atoms with van der Waals surface area (Å²) in [6.45, 7) is 0.473. The first-order chi connectivity index (χ1) is 9.20. The lowest BCUT2D eigenvalue weighted by molar-refractivity contribution is 0.343. The van der Waals surface area contributed by atoms with Crippen molar-refractivity contribution in [1.29, 1.82) is 5.26 Å². The molecule has 0 saturated heterocycles. The van der Waals surface area contributed by atoms with E-state index in [1.807, 2.05) is 0 Å². The highest BCUT2D eigenvalue weighted by Crippen LogP contribution is 2.15. The minimum atomic E-state index is -0.231. The minimum absolute atomic E-state index is 0.231. The van der Waals surface area contributed by atoms with Gasteiger partial charge in [0.05, 0.1) is 18.2 Å². The molecule has 0 amide bonds. The second-order valence-electron chi connectivity index (χ2n) is 3.71. The van der Waals surface area contributed by atoms with Crippen molar-refractivity contribution in [2.24, 2.45) is 7.05 Å². The Balaban J connectivity index is 1.82. The van der Waals surface area contributed by atoms with E-state index < -0.39 is 0 Å². The number of nitriles is 1. The molecule has 0 saturated carbocycles. The van der Waals surface area contributed by atoms with Crippen LogP contribution >= 0.6 is 11.8 Å². The summed E-state index contributed by atoms with van der Waals surface area (Å²) in [4.78, 5) is 11.1. The maximum absolute atomic E-state index is 11.1. The Labute approximate surface area is 114 Å². The normalized spacial score (nSPS) is 10.1. The van der Waals surface area contributed by atoms with Crippen LogP contribution in [0.4, 0.5) is 0 Å². The van der Waals surface area contributed by atoms with Crippen LogP contribution in [0.5, 0.6) is 5.75 Å². The van der Waals surface area contributed by atoms with Gasteiger partial charge in [-0.3, -0.25) is 4.57 Å². The van der Waals surface area contributed by atoms with Gasteiger partial charge in [0.1, 0.15) is 5.75 Å². The molecule has 0 unspecified atom stereocenters. The predicted octanol–water partition coefficient (Wildman–Crippen LogP) is 1.15. The topological polar surface area (TPSA) is 83.7 Å². The van der Waals surface area contributed by atoms with Crippen LogP contribution in [0.15, 0.2) is 34.2 Å². The molecule has 0 atom stereocenters. The lowest BCUT2D eigenvalue weighted by atomic mass is 10.2. The molecule has 2 rings (SSSR count). The third kappa shape index (κ3) is 3.39. The van der Waals surface area contributed by atoms with Gasteiger partial charge in [-0.05, 0) is 18.2 Å². The Morgan fingerprint density at radius 3 is 3.11 bits per heavy atom. The molecule has 0 aliphatic carbocycles. The number of aromatic nitrogens is 3. The Morgan fingerprint density at radius 1 is 1.58 bits per heavy atom. The van der Waals surface area contributed by atoms with E-state index in [2.05, 4.69) is 16.3 Å². The number of nitrogens with one attached hydrogen (secondary N) is 1. The van der Waals surface area contributed by atoms with E-state index in [4.69, 9.17) is 10.00 Å². The van der Waals surface area contributed by atoms with E-state index >= 15 is 0 Å². The molecule has 6 nitrogen and oxygen atoms in total. The van der Waals surface area contributed by atoms with Crippen LogP contribution in [0.3, 0.4) is 0 Å². The van der Waals surface area contributed by atoms with Crippen LogP contribution in [-0.2, 0) is 7.05 Å². The molecule has 19 heavy (non-hydrogen) atoms. The zero-order valence-electron chi connectivity index (χ0n) is 10.3. The van der Waals surface area contributed by atoms with Gasteiger partial charge in [-0.25, -0.2) is 9.89 Å². The zero-order chi connectivity index (χ0) is 13.7. The lowest BCUT2D eigenvalue weighted by Gasteiger charge is -2.05. The fourth-order valence-electron chi connectivity index (χ4n) is 1.41. The molecular weight excluding hydrogens is 264 g/mol. The van der Waals surface area contributed by atoms with Gasteiger partial charge >= 0.3 is 5.69 Å². The number of rotatable bonds is 5. The van der Waals surface area contributed by atoms with E-state index in [0.717, 1.165) is 0 Å². The molecule has 0 spiro atoms. The second-order valence-corrected chi connectivity index (χ2v) is 4.77.